The quantitative estimate of drug-likeness (QED) is 0.740. The van der Waals surface area contributed by atoms with Crippen molar-refractivity contribution in [3.05, 3.63) is 78.3 Å². The lowest BCUT2D eigenvalue weighted by Gasteiger charge is -2.26. The second-order valence-corrected chi connectivity index (χ2v) is 6.33. The van der Waals surface area contributed by atoms with Crippen LogP contribution in [0.25, 0.3) is 0 Å². The van der Waals surface area contributed by atoms with Gasteiger partial charge in [-0.1, -0.05) is 6.07 Å². The van der Waals surface area contributed by atoms with Crippen LogP contribution in [0, 0.1) is 0 Å². The molecule has 122 valence electrons. The maximum Gasteiger partial charge on any atom is 0.170 e. The number of hydrogen-bond acceptors (Lipinski definition) is 3. The van der Waals surface area contributed by atoms with Crippen LogP contribution >= 0.6 is 12.2 Å². The molecule has 4 rings (SSSR count). The first-order chi connectivity index (χ1) is 11.7. The van der Waals surface area contributed by atoms with E-state index < -0.39 is 0 Å². The Morgan fingerprint density at radius 2 is 2.17 bits per heavy atom. The Morgan fingerprint density at radius 1 is 1.25 bits per heavy atom. The van der Waals surface area contributed by atoms with Crippen molar-refractivity contribution in [2.24, 2.45) is 7.05 Å². The third-order valence-corrected chi connectivity index (χ3v) is 4.65. The van der Waals surface area contributed by atoms with Crippen molar-refractivity contribution in [1.82, 2.24) is 19.8 Å². The van der Waals surface area contributed by atoms with Crippen molar-refractivity contribution in [2.75, 3.05) is 0 Å². The highest BCUT2D eigenvalue weighted by molar-refractivity contribution is 7.80. The summed E-state index contributed by atoms with van der Waals surface area (Å²) in [5, 5.41) is 4.15. The summed E-state index contributed by atoms with van der Waals surface area (Å²) in [5.41, 5.74) is 2.18. The Labute approximate surface area is 145 Å². The van der Waals surface area contributed by atoms with E-state index >= 15 is 0 Å². The number of rotatable bonds is 4. The van der Waals surface area contributed by atoms with Crippen molar-refractivity contribution < 1.29 is 4.42 Å². The van der Waals surface area contributed by atoms with Crippen molar-refractivity contribution >= 4 is 17.3 Å². The Hall–Kier alpha value is -2.60. The standard InChI is InChI=1S/C18H18N4OS/c1-21-9-7-13(11-21)17-16(15-6-2-3-8-19-15)20-18(24)22(17)12-14-5-4-10-23-14/h2-11,16-17H,12H2,1H3,(H,20,24)/t16-,17+/m0/s1. The van der Waals surface area contributed by atoms with Gasteiger partial charge in [0.1, 0.15) is 5.76 Å². The summed E-state index contributed by atoms with van der Waals surface area (Å²) < 4.78 is 7.58. The van der Waals surface area contributed by atoms with Crippen molar-refractivity contribution in [3.63, 3.8) is 0 Å². The Bertz CT molecular complexity index is 828. The molecule has 0 amide bonds. The van der Waals surface area contributed by atoms with Crippen molar-refractivity contribution in [1.29, 1.82) is 0 Å². The van der Waals surface area contributed by atoms with Crippen LogP contribution in [0.15, 0.2) is 65.7 Å². The summed E-state index contributed by atoms with van der Waals surface area (Å²) in [4.78, 5) is 6.70. The molecule has 24 heavy (non-hydrogen) atoms. The van der Waals surface area contributed by atoms with E-state index in [1.807, 2.05) is 43.6 Å². The molecule has 1 fully saturated rings. The normalized spacial score (nSPS) is 20.4. The number of thiocarbonyl (C=S) groups is 1. The molecule has 0 saturated carbocycles. The van der Waals surface area contributed by atoms with E-state index in [1.54, 1.807) is 6.26 Å². The van der Waals surface area contributed by atoms with E-state index in [0.29, 0.717) is 6.54 Å². The molecule has 1 aliphatic heterocycles. The van der Waals surface area contributed by atoms with E-state index in [9.17, 15) is 0 Å². The summed E-state index contributed by atoms with van der Waals surface area (Å²) >= 11 is 5.61. The first kappa shape index (κ1) is 15.0. The largest absolute Gasteiger partial charge is 0.467 e. The smallest absolute Gasteiger partial charge is 0.170 e. The highest BCUT2D eigenvalue weighted by Crippen LogP contribution is 2.39. The maximum absolute atomic E-state index is 5.61. The Balaban J connectivity index is 1.73. The lowest BCUT2D eigenvalue weighted by molar-refractivity contribution is 0.287. The zero-order valence-corrected chi connectivity index (χ0v) is 14.1. The summed E-state index contributed by atoms with van der Waals surface area (Å²) in [6.45, 7) is 0.627. The van der Waals surface area contributed by atoms with Crippen LogP contribution in [0.5, 0.6) is 0 Å². The summed E-state index contributed by atoms with van der Waals surface area (Å²) in [7, 11) is 2.02. The lowest BCUT2D eigenvalue weighted by atomic mass is 9.99. The Morgan fingerprint density at radius 3 is 2.83 bits per heavy atom. The molecule has 0 unspecified atom stereocenters. The fourth-order valence-electron chi connectivity index (χ4n) is 3.21. The molecule has 1 saturated heterocycles. The number of pyridine rings is 1. The van der Waals surface area contributed by atoms with Gasteiger partial charge in [-0.3, -0.25) is 4.98 Å². The highest BCUT2D eigenvalue weighted by Gasteiger charge is 2.40. The molecule has 0 bridgehead atoms. The van der Waals surface area contributed by atoms with Gasteiger partial charge in [0.15, 0.2) is 5.11 Å². The fourth-order valence-corrected chi connectivity index (χ4v) is 3.51. The van der Waals surface area contributed by atoms with Crippen molar-refractivity contribution in [3.8, 4) is 0 Å². The molecule has 0 radical (unpaired) electrons. The maximum atomic E-state index is 5.61. The van der Waals surface area contributed by atoms with Gasteiger partial charge in [-0.05, 0) is 48.1 Å². The first-order valence-electron chi connectivity index (χ1n) is 7.85. The highest BCUT2D eigenvalue weighted by atomic mass is 32.1. The third kappa shape index (κ3) is 2.69. The van der Waals surface area contributed by atoms with Crippen molar-refractivity contribution in [2.45, 2.75) is 18.6 Å². The molecule has 4 heterocycles. The first-order valence-corrected chi connectivity index (χ1v) is 8.25. The average molecular weight is 338 g/mol. The molecule has 1 N–H and O–H groups in total. The van der Waals surface area contributed by atoms with Crippen LogP contribution in [0.3, 0.4) is 0 Å². The molecule has 3 aromatic heterocycles. The van der Waals surface area contributed by atoms with Crippen LogP contribution in [0.2, 0.25) is 0 Å². The number of furan rings is 1. The molecule has 6 heteroatoms. The number of aryl methyl sites for hydroxylation is 1. The van der Waals surface area contributed by atoms with E-state index in [2.05, 4.69) is 38.2 Å². The van der Waals surface area contributed by atoms with E-state index in [1.165, 1.54) is 5.56 Å². The minimum Gasteiger partial charge on any atom is -0.467 e. The van der Waals surface area contributed by atoms with Gasteiger partial charge in [-0.25, -0.2) is 0 Å². The van der Waals surface area contributed by atoms with Gasteiger partial charge in [0.2, 0.25) is 0 Å². The van der Waals surface area contributed by atoms with Crippen LogP contribution in [-0.4, -0.2) is 19.6 Å². The molecule has 0 aliphatic carbocycles. The van der Waals surface area contributed by atoms with E-state index in [-0.39, 0.29) is 12.1 Å². The number of aromatic nitrogens is 2. The second kappa shape index (κ2) is 6.13. The van der Waals surface area contributed by atoms with Crippen LogP contribution < -0.4 is 5.32 Å². The number of hydrogen-bond donors (Lipinski definition) is 1. The predicted octanol–water partition coefficient (Wildman–Crippen LogP) is 3.19. The SMILES string of the molecule is Cn1ccc([C@@H]2[C@H](c3ccccn3)NC(=S)N2Cc2ccco2)c1. The van der Waals surface area contributed by atoms with E-state index in [4.69, 9.17) is 16.6 Å². The third-order valence-electron chi connectivity index (χ3n) is 4.30. The molecular formula is C18H18N4OS. The molecule has 0 spiro atoms. The molecule has 2 atom stereocenters. The molecule has 1 aliphatic rings. The van der Waals surface area contributed by atoms with Crippen LogP contribution in [0.1, 0.15) is 29.1 Å². The van der Waals surface area contributed by atoms with Gasteiger partial charge in [0.05, 0.1) is 30.6 Å². The zero-order chi connectivity index (χ0) is 16.5. The second-order valence-electron chi connectivity index (χ2n) is 5.94. The average Bonchev–Trinajstić information content (AvgIpc) is 3.31. The summed E-state index contributed by atoms with van der Waals surface area (Å²) in [6.07, 6.45) is 7.69. The molecular weight excluding hydrogens is 320 g/mol. The predicted molar refractivity (Wildman–Crippen MR) is 95.1 cm³/mol. The Kier molecular flexibility index (Phi) is 3.82. The van der Waals surface area contributed by atoms with E-state index in [0.717, 1.165) is 16.6 Å². The van der Waals surface area contributed by atoms with Gasteiger partial charge >= 0.3 is 0 Å². The molecule has 3 aromatic rings. The van der Waals surface area contributed by atoms with Gasteiger partial charge in [-0.2, -0.15) is 0 Å². The fraction of sp³-hybridized carbons (Fsp3) is 0.222. The van der Waals surface area contributed by atoms with Gasteiger partial charge in [0, 0.05) is 25.6 Å². The van der Waals surface area contributed by atoms with Crippen LogP contribution in [-0.2, 0) is 13.6 Å². The van der Waals surface area contributed by atoms with Crippen LogP contribution in [0.4, 0.5) is 0 Å². The monoisotopic (exact) mass is 338 g/mol. The number of nitrogens with zero attached hydrogens (tertiary/aromatic N) is 3. The number of nitrogens with one attached hydrogen (secondary N) is 1. The minimum atomic E-state index is 0.0102. The lowest BCUT2D eigenvalue weighted by Crippen LogP contribution is -2.28. The molecule has 0 aromatic carbocycles. The summed E-state index contributed by atoms with van der Waals surface area (Å²) in [5.74, 6) is 0.891. The van der Waals surface area contributed by atoms with Gasteiger partial charge in [-0.15, -0.1) is 0 Å². The topological polar surface area (TPSA) is 46.2 Å². The minimum absolute atomic E-state index is 0.0102. The van der Waals surface area contributed by atoms with Gasteiger partial charge < -0.3 is 19.2 Å². The van der Waals surface area contributed by atoms with Gasteiger partial charge in [0.25, 0.3) is 0 Å². The summed E-state index contributed by atoms with van der Waals surface area (Å²) in [6, 6.07) is 12.0. The zero-order valence-electron chi connectivity index (χ0n) is 13.3. The molecule has 5 nitrogen and oxygen atoms in total.